The first-order chi connectivity index (χ1) is 17.6. The van der Waals surface area contributed by atoms with Gasteiger partial charge in [-0.25, -0.2) is 4.98 Å². The van der Waals surface area contributed by atoms with Gasteiger partial charge in [-0.15, -0.1) is 0 Å². The summed E-state index contributed by atoms with van der Waals surface area (Å²) in [6, 6.07) is 20.7. The number of imidazole rings is 1. The van der Waals surface area contributed by atoms with Crippen LogP contribution in [0.25, 0.3) is 0 Å². The second kappa shape index (κ2) is 11.1. The predicted molar refractivity (Wildman–Crippen MR) is 140 cm³/mol. The zero-order valence-corrected chi connectivity index (χ0v) is 21.0. The van der Waals surface area contributed by atoms with Crippen LogP contribution < -0.4 is 5.32 Å². The molecule has 3 aromatic rings. The highest BCUT2D eigenvalue weighted by Gasteiger charge is 2.34. The summed E-state index contributed by atoms with van der Waals surface area (Å²) >= 11 is 0. The summed E-state index contributed by atoms with van der Waals surface area (Å²) in [5.41, 5.74) is 2.88. The largest absolute Gasteiger partial charge is 0.350 e. The van der Waals surface area contributed by atoms with Crippen LogP contribution in [0, 0.1) is 5.92 Å². The van der Waals surface area contributed by atoms with Crippen molar-refractivity contribution in [3.8, 4) is 0 Å². The van der Waals surface area contributed by atoms with Crippen LogP contribution >= 0.6 is 0 Å². The van der Waals surface area contributed by atoms with E-state index in [1.54, 1.807) is 6.92 Å². The number of carbonyl (C=O) groups is 2. The van der Waals surface area contributed by atoms with Gasteiger partial charge >= 0.3 is 0 Å². The maximum atomic E-state index is 12.9. The maximum Gasteiger partial charge on any atom is 0.271 e. The Kier molecular flexibility index (Phi) is 7.47. The summed E-state index contributed by atoms with van der Waals surface area (Å²) in [6.45, 7) is 6.61. The van der Waals surface area contributed by atoms with Gasteiger partial charge in [-0.1, -0.05) is 60.7 Å². The van der Waals surface area contributed by atoms with Crippen LogP contribution in [0.1, 0.15) is 53.2 Å². The molecule has 0 saturated carbocycles. The summed E-state index contributed by atoms with van der Waals surface area (Å²) in [6.07, 6.45) is 4.76. The summed E-state index contributed by atoms with van der Waals surface area (Å²) in [4.78, 5) is 34.0. The van der Waals surface area contributed by atoms with E-state index in [4.69, 9.17) is 4.98 Å². The summed E-state index contributed by atoms with van der Waals surface area (Å²) < 4.78 is 2.15. The molecule has 2 aliphatic heterocycles. The van der Waals surface area contributed by atoms with Crippen LogP contribution in [0.15, 0.2) is 66.9 Å². The van der Waals surface area contributed by atoms with Crippen molar-refractivity contribution in [2.75, 3.05) is 32.7 Å². The van der Waals surface area contributed by atoms with E-state index in [1.807, 2.05) is 35.4 Å². The SMILES string of the molecule is CC(=O)N1CCC(CN2CCn3cc(C(=O)NCCc4ccccc4)nc3C2c2ccccc2)CC1. The highest BCUT2D eigenvalue weighted by molar-refractivity contribution is 5.92. The van der Waals surface area contributed by atoms with E-state index in [2.05, 4.69) is 51.2 Å². The van der Waals surface area contributed by atoms with Crippen LogP contribution in [-0.2, 0) is 17.8 Å². The highest BCUT2D eigenvalue weighted by atomic mass is 16.2. The summed E-state index contributed by atoms with van der Waals surface area (Å²) in [7, 11) is 0. The zero-order chi connectivity index (χ0) is 24.9. The minimum absolute atomic E-state index is 0.0108. The van der Waals surface area contributed by atoms with Crippen molar-refractivity contribution >= 4 is 11.8 Å². The van der Waals surface area contributed by atoms with E-state index in [0.29, 0.717) is 18.2 Å². The molecule has 0 bridgehead atoms. The van der Waals surface area contributed by atoms with E-state index in [0.717, 1.165) is 57.8 Å². The van der Waals surface area contributed by atoms with Gasteiger partial charge in [0.25, 0.3) is 5.91 Å². The molecule has 1 unspecified atom stereocenters. The van der Waals surface area contributed by atoms with Crippen LogP contribution in [0.3, 0.4) is 0 Å². The third kappa shape index (κ3) is 5.51. The number of amides is 2. The standard InChI is InChI=1S/C29H35N5O2/c1-22(35)32-16-13-24(14-17-32)20-33-18-19-34-21-26(29(36)30-15-12-23-8-4-2-5-9-23)31-28(34)27(33)25-10-6-3-7-11-25/h2-11,21,24,27H,12-20H2,1H3,(H,30,36). The Morgan fingerprint density at radius 1 is 0.944 bits per heavy atom. The molecular weight excluding hydrogens is 450 g/mol. The highest BCUT2D eigenvalue weighted by Crippen LogP contribution is 2.33. The normalized spacial score (nSPS) is 18.6. The Balaban J connectivity index is 1.30. The van der Waals surface area contributed by atoms with Crippen LogP contribution in [0.4, 0.5) is 0 Å². The molecule has 36 heavy (non-hydrogen) atoms. The van der Waals surface area contributed by atoms with Gasteiger partial charge in [0.15, 0.2) is 0 Å². The monoisotopic (exact) mass is 485 g/mol. The van der Waals surface area contributed by atoms with Crippen LogP contribution in [0.2, 0.25) is 0 Å². The molecule has 0 aliphatic carbocycles. The van der Waals surface area contributed by atoms with Crippen molar-refractivity contribution in [2.45, 2.75) is 38.8 Å². The second-order valence-electron chi connectivity index (χ2n) is 9.93. The van der Waals surface area contributed by atoms with Gasteiger partial charge in [-0.3, -0.25) is 14.5 Å². The van der Waals surface area contributed by atoms with Crippen molar-refractivity contribution in [1.29, 1.82) is 0 Å². The zero-order valence-electron chi connectivity index (χ0n) is 21.0. The molecule has 1 fully saturated rings. The molecule has 1 N–H and O–H groups in total. The molecule has 0 radical (unpaired) electrons. The first kappa shape index (κ1) is 24.3. The number of rotatable bonds is 7. The average Bonchev–Trinajstić information content (AvgIpc) is 3.34. The van der Waals surface area contributed by atoms with E-state index in [9.17, 15) is 9.59 Å². The van der Waals surface area contributed by atoms with Gasteiger partial charge in [-0.2, -0.15) is 0 Å². The molecule has 3 heterocycles. The van der Waals surface area contributed by atoms with E-state index < -0.39 is 0 Å². The van der Waals surface area contributed by atoms with Gasteiger partial charge in [0, 0.05) is 52.4 Å². The lowest BCUT2D eigenvalue weighted by Crippen LogP contribution is -2.44. The number of nitrogens with one attached hydrogen (secondary N) is 1. The molecule has 5 rings (SSSR count). The van der Waals surface area contributed by atoms with Gasteiger partial charge in [-0.05, 0) is 36.3 Å². The predicted octanol–water partition coefficient (Wildman–Crippen LogP) is 3.52. The fraction of sp³-hybridized carbons (Fsp3) is 0.414. The number of likely N-dealkylation sites (tertiary alicyclic amines) is 1. The lowest BCUT2D eigenvalue weighted by molar-refractivity contribution is -0.130. The number of benzene rings is 2. The quantitative estimate of drug-likeness (QED) is 0.556. The molecule has 1 aromatic heterocycles. The van der Waals surface area contributed by atoms with Gasteiger partial charge in [0.1, 0.15) is 11.5 Å². The number of hydrogen-bond donors (Lipinski definition) is 1. The molecule has 1 atom stereocenters. The Morgan fingerprint density at radius 3 is 2.33 bits per heavy atom. The topological polar surface area (TPSA) is 70.5 Å². The Hall–Kier alpha value is -3.45. The van der Waals surface area contributed by atoms with Crippen molar-refractivity contribution in [3.63, 3.8) is 0 Å². The molecule has 7 heteroatoms. The van der Waals surface area contributed by atoms with Gasteiger partial charge < -0.3 is 14.8 Å². The molecule has 7 nitrogen and oxygen atoms in total. The number of carbonyl (C=O) groups excluding carboxylic acids is 2. The van der Waals surface area contributed by atoms with Crippen molar-refractivity contribution in [2.24, 2.45) is 5.92 Å². The van der Waals surface area contributed by atoms with Crippen molar-refractivity contribution in [1.82, 2.24) is 24.7 Å². The smallest absolute Gasteiger partial charge is 0.271 e. The molecule has 2 amide bonds. The molecular formula is C29H35N5O2. The second-order valence-corrected chi connectivity index (χ2v) is 9.93. The van der Waals surface area contributed by atoms with Gasteiger partial charge in [0.2, 0.25) is 5.91 Å². The Morgan fingerprint density at radius 2 is 1.64 bits per heavy atom. The Bertz CT molecular complexity index is 1170. The number of aromatic nitrogens is 2. The fourth-order valence-corrected chi connectivity index (χ4v) is 5.48. The molecule has 1 saturated heterocycles. The van der Waals surface area contributed by atoms with Crippen LogP contribution in [0.5, 0.6) is 0 Å². The van der Waals surface area contributed by atoms with E-state index >= 15 is 0 Å². The lowest BCUT2D eigenvalue weighted by Gasteiger charge is -2.40. The number of fused-ring (bicyclic) bond motifs is 1. The fourth-order valence-electron chi connectivity index (χ4n) is 5.48. The molecule has 2 aliphatic rings. The minimum atomic E-state index is -0.122. The van der Waals surface area contributed by atoms with E-state index in [1.165, 1.54) is 11.1 Å². The van der Waals surface area contributed by atoms with Crippen molar-refractivity contribution < 1.29 is 9.59 Å². The number of hydrogen-bond acceptors (Lipinski definition) is 4. The van der Waals surface area contributed by atoms with Crippen molar-refractivity contribution in [3.05, 3.63) is 89.5 Å². The maximum absolute atomic E-state index is 12.9. The summed E-state index contributed by atoms with van der Waals surface area (Å²) in [5, 5.41) is 3.04. The Labute approximate surface area is 213 Å². The molecule has 0 spiro atoms. The first-order valence-corrected chi connectivity index (χ1v) is 13.0. The molecule has 2 aromatic carbocycles. The van der Waals surface area contributed by atoms with E-state index in [-0.39, 0.29) is 17.9 Å². The number of nitrogens with zero attached hydrogens (tertiary/aromatic N) is 4. The van der Waals surface area contributed by atoms with Gasteiger partial charge in [0.05, 0.1) is 6.04 Å². The van der Waals surface area contributed by atoms with Crippen LogP contribution in [-0.4, -0.2) is 63.9 Å². The minimum Gasteiger partial charge on any atom is -0.350 e. The molecule has 188 valence electrons. The average molecular weight is 486 g/mol. The first-order valence-electron chi connectivity index (χ1n) is 13.0. The third-order valence-corrected chi connectivity index (χ3v) is 7.49. The summed E-state index contributed by atoms with van der Waals surface area (Å²) in [5.74, 6) is 1.53. The third-order valence-electron chi connectivity index (χ3n) is 7.49. The lowest BCUT2D eigenvalue weighted by atomic mass is 9.94. The number of piperidine rings is 1.